The van der Waals surface area contributed by atoms with Crippen molar-refractivity contribution in [1.29, 1.82) is 0 Å². The topological polar surface area (TPSA) is 121 Å². The molecular weight excluding hydrogens is 752 g/mol. The first kappa shape index (κ1) is 36.7. The van der Waals surface area contributed by atoms with Gasteiger partial charge in [-0.15, -0.1) is 11.3 Å². The molecule has 6 aliphatic heterocycles. The van der Waals surface area contributed by atoms with E-state index in [9.17, 15) is 24.0 Å². The number of carbonyl (C=O) groups is 5. The number of hydrogen-bond acceptors (Lipinski definition) is 10. The molecule has 1 N–H and O–H groups in total. The quantitative estimate of drug-likeness (QED) is 0.275. The van der Waals surface area contributed by atoms with Crippen LogP contribution in [0, 0.1) is 12.0 Å². The number of thiophene rings is 1. The van der Waals surface area contributed by atoms with Crippen LogP contribution >= 0.6 is 22.9 Å². The summed E-state index contributed by atoms with van der Waals surface area (Å²) in [5.74, 6) is -1.85. The van der Waals surface area contributed by atoms with Gasteiger partial charge in [0.15, 0.2) is 0 Å². The van der Waals surface area contributed by atoms with Gasteiger partial charge in [-0.1, -0.05) is 17.7 Å². The molecule has 0 saturated carbocycles. The van der Waals surface area contributed by atoms with E-state index in [0.29, 0.717) is 27.9 Å². The van der Waals surface area contributed by atoms with Crippen LogP contribution in [0.1, 0.15) is 68.9 Å². The minimum atomic E-state index is -0.976. The van der Waals surface area contributed by atoms with Crippen LogP contribution in [-0.2, 0) is 9.59 Å². The molecule has 0 radical (unpaired) electrons. The van der Waals surface area contributed by atoms with E-state index < -0.39 is 29.7 Å². The molecule has 5 amide bonds. The fraction of sp³-hybridized carbons (Fsp3) is 0.463. The third-order valence-corrected chi connectivity index (χ3v) is 14.3. The third kappa shape index (κ3) is 6.59. The number of carbonyl (C=O) groups excluding carboxylic acids is 5. The Morgan fingerprint density at radius 3 is 2.29 bits per heavy atom. The van der Waals surface area contributed by atoms with Crippen LogP contribution in [0.15, 0.2) is 48.5 Å². The lowest BCUT2D eigenvalue weighted by atomic mass is 9.77. The summed E-state index contributed by atoms with van der Waals surface area (Å²) in [7, 11) is 0. The van der Waals surface area contributed by atoms with Gasteiger partial charge in [-0.05, 0) is 80.0 Å². The zero-order valence-electron chi connectivity index (χ0n) is 31.0. The molecule has 5 saturated heterocycles. The second kappa shape index (κ2) is 14.5. The van der Waals surface area contributed by atoms with Gasteiger partial charge in [0.1, 0.15) is 6.04 Å². The van der Waals surface area contributed by atoms with Crippen molar-refractivity contribution in [1.82, 2.24) is 20.0 Å². The van der Waals surface area contributed by atoms with Crippen molar-refractivity contribution in [2.75, 3.05) is 80.1 Å². The molecule has 2 aromatic carbocycles. The lowest BCUT2D eigenvalue weighted by molar-refractivity contribution is -0.136. The van der Waals surface area contributed by atoms with Crippen molar-refractivity contribution in [2.45, 2.75) is 50.6 Å². The van der Waals surface area contributed by atoms with Crippen LogP contribution in [0.2, 0.25) is 5.02 Å². The maximum Gasteiger partial charge on any atom is 0.263 e. The standard InChI is InChI=1S/C41H43ClN8O5S/c1-43-32-5-3-27(23-31(32)42)49-17-13-41(25-49)11-15-47(16-12-41)40(55)34-7-9-36(56-34)46-20-18-45(19-21-46)28-10-14-48(24-28)26-2-4-29-30(22-26)39(54)50(38(29)53)33-6-8-35(51)44-37(33)52/h2-5,7,9,22-23,28,33H,6,8,10-21,24-25H2,(H,44,51,52). The number of piperidine rings is 2. The number of nitrogens with zero attached hydrogens (tertiary/aromatic N) is 7. The second-order valence-electron chi connectivity index (χ2n) is 15.9. The molecule has 0 bridgehead atoms. The van der Waals surface area contributed by atoms with Crippen molar-refractivity contribution < 1.29 is 24.0 Å². The second-order valence-corrected chi connectivity index (χ2v) is 17.4. The highest BCUT2D eigenvalue weighted by Crippen LogP contribution is 2.43. The Balaban J connectivity index is 0.755. The molecule has 6 aliphatic rings. The van der Waals surface area contributed by atoms with E-state index >= 15 is 0 Å². The van der Waals surface area contributed by atoms with Crippen molar-refractivity contribution in [3.8, 4) is 0 Å². The highest BCUT2D eigenvalue weighted by Gasteiger charge is 2.45. The van der Waals surface area contributed by atoms with E-state index in [2.05, 4.69) is 35.8 Å². The van der Waals surface area contributed by atoms with Gasteiger partial charge in [0.2, 0.25) is 17.5 Å². The third-order valence-electron chi connectivity index (χ3n) is 12.9. The Morgan fingerprint density at radius 2 is 1.54 bits per heavy atom. The Hall–Kier alpha value is -4.97. The van der Waals surface area contributed by atoms with E-state index in [-0.39, 0.29) is 24.2 Å². The smallest absolute Gasteiger partial charge is 0.263 e. The summed E-state index contributed by atoms with van der Waals surface area (Å²) in [4.78, 5) is 81.2. The molecule has 2 atom stereocenters. The van der Waals surface area contributed by atoms with Gasteiger partial charge >= 0.3 is 0 Å². The van der Waals surface area contributed by atoms with E-state index in [4.69, 9.17) is 18.2 Å². The highest BCUT2D eigenvalue weighted by atomic mass is 35.5. The van der Waals surface area contributed by atoms with E-state index in [1.807, 2.05) is 29.2 Å². The van der Waals surface area contributed by atoms with Crippen LogP contribution in [0.3, 0.4) is 0 Å². The van der Waals surface area contributed by atoms with Gasteiger partial charge in [0, 0.05) is 94.3 Å². The minimum Gasteiger partial charge on any atom is -0.371 e. The first-order valence-corrected chi connectivity index (χ1v) is 20.7. The van der Waals surface area contributed by atoms with Crippen LogP contribution in [0.5, 0.6) is 0 Å². The van der Waals surface area contributed by atoms with Crippen molar-refractivity contribution in [3.05, 3.63) is 81.0 Å². The van der Waals surface area contributed by atoms with Crippen molar-refractivity contribution in [3.63, 3.8) is 0 Å². The molecule has 13 nitrogen and oxygen atoms in total. The molecule has 15 heteroatoms. The maximum absolute atomic E-state index is 13.7. The molecule has 56 heavy (non-hydrogen) atoms. The molecule has 2 unspecified atom stereocenters. The number of rotatable bonds is 6. The maximum atomic E-state index is 13.7. The summed E-state index contributed by atoms with van der Waals surface area (Å²) in [6.45, 7) is 15.9. The molecule has 7 heterocycles. The van der Waals surface area contributed by atoms with Gasteiger partial charge < -0.3 is 19.6 Å². The molecule has 5 fully saturated rings. The lowest BCUT2D eigenvalue weighted by Crippen LogP contribution is -2.54. The van der Waals surface area contributed by atoms with Crippen molar-refractivity contribution in [2.24, 2.45) is 5.41 Å². The number of nitrogens with one attached hydrogen (secondary N) is 1. The summed E-state index contributed by atoms with van der Waals surface area (Å²) in [5, 5.41) is 3.87. The van der Waals surface area contributed by atoms with Crippen molar-refractivity contribution >= 4 is 74.5 Å². The fourth-order valence-electron chi connectivity index (χ4n) is 9.54. The average molecular weight is 795 g/mol. The van der Waals surface area contributed by atoms with Crippen LogP contribution in [-0.4, -0.2) is 122 Å². The van der Waals surface area contributed by atoms with Crippen LogP contribution < -0.4 is 20.0 Å². The zero-order chi connectivity index (χ0) is 38.7. The number of hydrogen-bond donors (Lipinski definition) is 1. The normalized spacial score (nSPS) is 24.0. The van der Waals surface area contributed by atoms with Gasteiger partial charge in [-0.3, -0.25) is 39.1 Å². The first-order valence-electron chi connectivity index (χ1n) is 19.5. The Morgan fingerprint density at radius 1 is 0.804 bits per heavy atom. The van der Waals surface area contributed by atoms with Gasteiger partial charge in [0.05, 0.1) is 27.6 Å². The summed E-state index contributed by atoms with van der Waals surface area (Å²) in [6, 6.07) is 14.5. The number of fused-ring (bicyclic) bond motifs is 1. The number of amides is 5. The van der Waals surface area contributed by atoms with E-state index in [0.717, 1.165) is 117 Å². The Labute approximate surface area is 334 Å². The largest absolute Gasteiger partial charge is 0.371 e. The highest BCUT2D eigenvalue weighted by molar-refractivity contribution is 7.18. The van der Waals surface area contributed by atoms with Crippen LogP contribution in [0.25, 0.3) is 4.85 Å². The fourth-order valence-corrected chi connectivity index (χ4v) is 10.8. The first-order chi connectivity index (χ1) is 27.1. The number of imide groups is 2. The molecule has 0 aliphatic carbocycles. The summed E-state index contributed by atoms with van der Waals surface area (Å²) < 4.78 is 0. The molecule has 290 valence electrons. The van der Waals surface area contributed by atoms with Gasteiger partial charge in [-0.2, -0.15) is 0 Å². The molecule has 3 aromatic rings. The van der Waals surface area contributed by atoms with Crippen LogP contribution in [0.4, 0.5) is 22.1 Å². The number of halogens is 1. The van der Waals surface area contributed by atoms with Gasteiger partial charge in [-0.25, -0.2) is 4.85 Å². The summed E-state index contributed by atoms with van der Waals surface area (Å²) in [6.07, 6.45) is 4.27. The minimum absolute atomic E-state index is 0.0910. The van der Waals surface area contributed by atoms with Gasteiger partial charge in [0.25, 0.3) is 17.7 Å². The molecular formula is C41H43ClN8O5S. The monoisotopic (exact) mass is 794 g/mol. The predicted octanol–water partition coefficient (Wildman–Crippen LogP) is 4.89. The zero-order valence-corrected chi connectivity index (χ0v) is 32.6. The Bertz CT molecular complexity index is 2170. The summed E-state index contributed by atoms with van der Waals surface area (Å²) in [5.41, 5.74) is 3.22. The molecule has 1 aromatic heterocycles. The number of likely N-dealkylation sites (tertiary alicyclic amines) is 1. The Kier molecular flexibility index (Phi) is 9.50. The SMILES string of the molecule is [C-]#[N+]c1ccc(N2CCC3(CCN(C(=O)c4ccc(N5CCN(C6CCN(c7ccc8c(c7)C(=O)N(C7CCC(=O)NC7=O)C8=O)C6)CC5)s4)CC3)C2)cc1Cl. The molecule has 9 rings (SSSR count). The predicted molar refractivity (Wildman–Crippen MR) is 214 cm³/mol. The number of benzene rings is 2. The number of anilines is 3. The van der Waals surface area contributed by atoms with E-state index in [1.54, 1.807) is 29.5 Å². The summed E-state index contributed by atoms with van der Waals surface area (Å²) >= 11 is 7.92. The lowest BCUT2D eigenvalue weighted by Gasteiger charge is -2.39. The molecule has 1 spiro atoms. The average Bonchev–Trinajstić information content (AvgIpc) is 4.03. The van der Waals surface area contributed by atoms with E-state index in [1.165, 1.54) is 0 Å². The number of piperazine rings is 1.